The van der Waals surface area contributed by atoms with E-state index in [0.717, 1.165) is 0 Å². The summed E-state index contributed by atoms with van der Waals surface area (Å²) >= 11 is 0. The Balaban J connectivity index is 2.77. The van der Waals surface area contributed by atoms with Crippen LogP contribution >= 0.6 is 0 Å². The van der Waals surface area contributed by atoms with E-state index in [1.54, 1.807) is 0 Å². The highest BCUT2D eigenvalue weighted by molar-refractivity contribution is 5.18. The zero-order chi connectivity index (χ0) is 9.24. The second-order valence-corrected chi connectivity index (χ2v) is 2.46. The van der Waals surface area contributed by atoms with Gasteiger partial charge in [-0.15, -0.1) is 0 Å². The molecule has 0 spiro atoms. The highest BCUT2D eigenvalue weighted by Crippen LogP contribution is 2.41. The van der Waals surface area contributed by atoms with Crippen LogP contribution in [0.25, 0.3) is 0 Å². The zero-order valence-corrected chi connectivity index (χ0v) is 6.95. The molecule has 1 aliphatic heterocycles. The SMILES string of the molecule is C=CC1(C=C)OC(C=C)(C=C)O1. The van der Waals surface area contributed by atoms with E-state index in [1.165, 1.54) is 24.3 Å². The van der Waals surface area contributed by atoms with Crippen molar-refractivity contribution in [3.8, 4) is 0 Å². The van der Waals surface area contributed by atoms with Crippen molar-refractivity contribution in [2.75, 3.05) is 0 Å². The molecule has 0 aromatic heterocycles. The Morgan fingerprint density at radius 3 is 1.08 bits per heavy atom. The third-order valence-corrected chi connectivity index (χ3v) is 1.78. The van der Waals surface area contributed by atoms with E-state index in [4.69, 9.17) is 9.47 Å². The molecule has 1 rings (SSSR count). The number of hydrogen-bond acceptors (Lipinski definition) is 2. The van der Waals surface area contributed by atoms with Crippen LogP contribution in [0.4, 0.5) is 0 Å². The summed E-state index contributed by atoms with van der Waals surface area (Å²) in [5.74, 6) is -1.75. The molecular formula is C10H12O2. The van der Waals surface area contributed by atoms with Crippen LogP contribution in [0.5, 0.6) is 0 Å². The molecule has 12 heavy (non-hydrogen) atoms. The smallest absolute Gasteiger partial charge is 0.214 e. The third kappa shape index (κ3) is 1.05. The van der Waals surface area contributed by atoms with Crippen LogP contribution in [0.15, 0.2) is 50.6 Å². The van der Waals surface area contributed by atoms with Gasteiger partial charge in [0.2, 0.25) is 11.6 Å². The van der Waals surface area contributed by atoms with E-state index in [1.807, 2.05) is 0 Å². The Bertz CT molecular complexity index is 190. The lowest BCUT2D eigenvalue weighted by Crippen LogP contribution is -2.58. The summed E-state index contributed by atoms with van der Waals surface area (Å²) in [5.41, 5.74) is 0. The molecule has 1 heterocycles. The highest BCUT2D eigenvalue weighted by atomic mass is 16.9. The highest BCUT2D eigenvalue weighted by Gasteiger charge is 2.50. The fourth-order valence-corrected chi connectivity index (χ4v) is 1.01. The summed E-state index contributed by atoms with van der Waals surface area (Å²) in [6, 6.07) is 0. The molecule has 1 fully saturated rings. The third-order valence-electron chi connectivity index (χ3n) is 1.78. The first-order chi connectivity index (χ1) is 5.66. The van der Waals surface area contributed by atoms with Gasteiger partial charge in [0.15, 0.2) is 0 Å². The van der Waals surface area contributed by atoms with Crippen molar-refractivity contribution in [1.29, 1.82) is 0 Å². The van der Waals surface area contributed by atoms with Crippen molar-refractivity contribution in [2.45, 2.75) is 11.6 Å². The normalized spacial score (nSPS) is 23.3. The molecule has 0 radical (unpaired) electrons. The largest absolute Gasteiger partial charge is 0.303 e. The van der Waals surface area contributed by atoms with Crippen molar-refractivity contribution in [2.24, 2.45) is 0 Å². The minimum absolute atomic E-state index is 0.873. The lowest BCUT2D eigenvalue weighted by molar-refractivity contribution is -0.430. The summed E-state index contributed by atoms with van der Waals surface area (Å²) in [7, 11) is 0. The van der Waals surface area contributed by atoms with Gasteiger partial charge in [0.05, 0.1) is 0 Å². The molecule has 0 aliphatic carbocycles. The van der Waals surface area contributed by atoms with Gasteiger partial charge in [-0.05, 0) is 24.3 Å². The summed E-state index contributed by atoms with van der Waals surface area (Å²) in [6.45, 7) is 14.3. The number of hydrogen-bond donors (Lipinski definition) is 0. The number of rotatable bonds is 4. The Labute approximate surface area is 72.5 Å². The molecule has 1 saturated heterocycles. The molecule has 1 aliphatic rings. The Morgan fingerprint density at radius 2 is 0.917 bits per heavy atom. The Morgan fingerprint density at radius 1 is 0.667 bits per heavy atom. The molecule has 0 aromatic rings. The van der Waals surface area contributed by atoms with Crippen molar-refractivity contribution in [3.63, 3.8) is 0 Å². The van der Waals surface area contributed by atoms with Gasteiger partial charge >= 0.3 is 0 Å². The van der Waals surface area contributed by atoms with Gasteiger partial charge in [-0.1, -0.05) is 26.3 Å². The van der Waals surface area contributed by atoms with Gasteiger partial charge in [0, 0.05) is 0 Å². The average molecular weight is 164 g/mol. The first-order valence-electron chi connectivity index (χ1n) is 3.60. The van der Waals surface area contributed by atoms with Crippen LogP contribution in [0.3, 0.4) is 0 Å². The first-order valence-corrected chi connectivity index (χ1v) is 3.60. The van der Waals surface area contributed by atoms with E-state index in [2.05, 4.69) is 26.3 Å². The van der Waals surface area contributed by atoms with Crippen molar-refractivity contribution >= 4 is 0 Å². The summed E-state index contributed by atoms with van der Waals surface area (Å²) in [6.07, 6.45) is 6.13. The monoisotopic (exact) mass is 164 g/mol. The van der Waals surface area contributed by atoms with Crippen molar-refractivity contribution in [1.82, 2.24) is 0 Å². The Kier molecular flexibility index (Phi) is 2.04. The van der Waals surface area contributed by atoms with Gasteiger partial charge in [-0.3, -0.25) is 0 Å². The van der Waals surface area contributed by atoms with Gasteiger partial charge in [0.1, 0.15) is 0 Å². The summed E-state index contributed by atoms with van der Waals surface area (Å²) in [4.78, 5) is 0. The molecule has 64 valence electrons. The lowest BCUT2D eigenvalue weighted by Gasteiger charge is -2.49. The molecule has 0 saturated carbocycles. The van der Waals surface area contributed by atoms with Gasteiger partial charge < -0.3 is 9.47 Å². The van der Waals surface area contributed by atoms with Crippen LogP contribution in [-0.4, -0.2) is 11.6 Å². The van der Waals surface area contributed by atoms with Crippen LogP contribution in [-0.2, 0) is 9.47 Å². The minimum atomic E-state index is -0.873. The van der Waals surface area contributed by atoms with Crippen LogP contribution in [0, 0.1) is 0 Å². The van der Waals surface area contributed by atoms with Gasteiger partial charge in [0.25, 0.3) is 0 Å². The van der Waals surface area contributed by atoms with Gasteiger partial charge in [-0.25, -0.2) is 0 Å². The molecule has 0 unspecified atom stereocenters. The molecule has 0 atom stereocenters. The summed E-state index contributed by atoms with van der Waals surface area (Å²) < 4.78 is 10.8. The van der Waals surface area contributed by atoms with Crippen LogP contribution in [0.2, 0.25) is 0 Å². The predicted octanol–water partition coefficient (Wildman–Crippen LogP) is 2.17. The van der Waals surface area contributed by atoms with Crippen LogP contribution in [0.1, 0.15) is 0 Å². The number of ether oxygens (including phenoxy) is 2. The molecule has 2 heteroatoms. The maximum atomic E-state index is 5.42. The molecular weight excluding hydrogens is 152 g/mol. The van der Waals surface area contributed by atoms with E-state index in [-0.39, 0.29) is 0 Å². The standard InChI is InChI=1S/C10H12O2/c1-5-9(6-2)11-10(7-3,8-4)12-9/h5-8H,1-4H2. The molecule has 0 aromatic carbocycles. The second kappa shape index (κ2) is 2.73. The fourth-order valence-electron chi connectivity index (χ4n) is 1.01. The van der Waals surface area contributed by atoms with Crippen molar-refractivity contribution < 1.29 is 9.47 Å². The van der Waals surface area contributed by atoms with Crippen molar-refractivity contribution in [3.05, 3.63) is 50.6 Å². The van der Waals surface area contributed by atoms with E-state index in [9.17, 15) is 0 Å². The zero-order valence-electron chi connectivity index (χ0n) is 6.95. The Hall–Kier alpha value is -1.12. The maximum Gasteiger partial charge on any atom is 0.214 e. The van der Waals surface area contributed by atoms with Crippen LogP contribution < -0.4 is 0 Å². The van der Waals surface area contributed by atoms with Gasteiger partial charge in [-0.2, -0.15) is 0 Å². The molecule has 2 nitrogen and oxygen atoms in total. The molecule has 0 N–H and O–H groups in total. The second-order valence-electron chi connectivity index (χ2n) is 2.46. The fraction of sp³-hybridized carbons (Fsp3) is 0.200. The van der Waals surface area contributed by atoms with E-state index in [0.29, 0.717) is 0 Å². The molecule has 0 bridgehead atoms. The minimum Gasteiger partial charge on any atom is -0.303 e. The first kappa shape index (κ1) is 8.97. The summed E-state index contributed by atoms with van der Waals surface area (Å²) in [5, 5.41) is 0. The predicted molar refractivity (Wildman–Crippen MR) is 48.4 cm³/mol. The average Bonchev–Trinajstić information content (AvgIpc) is 2.07. The molecule has 0 amide bonds. The lowest BCUT2D eigenvalue weighted by atomic mass is 10.1. The van der Waals surface area contributed by atoms with E-state index < -0.39 is 11.6 Å². The maximum absolute atomic E-state index is 5.42. The quantitative estimate of drug-likeness (QED) is 0.593. The topological polar surface area (TPSA) is 18.5 Å². The van der Waals surface area contributed by atoms with E-state index >= 15 is 0 Å².